The molecule has 0 aromatic carbocycles. The van der Waals surface area contributed by atoms with Crippen LogP contribution in [0.25, 0.3) is 0 Å². The number of hydrogen-bond acceptors (Lipinski definition) is 5. The minimum Gasteiger partial charge on any atom is -0.370 e. The lowest BCUT2D eigenvalue weighted by Crippen LogP contribution is -2.38. The van der Waals surface area contributed by atoms with Gasteiger partial charge in [-0.3, -0.25) is 14.9 Å². The third kappa shape index (κ3) is 3.48. The SMILES string of the molecule is CCNc1cc(C(=O)N2CCC(C)CC2)c([N+](=O)[O-])cn1. The van der Waals surface area contributed by atoms with Crippen LogP contribution >= 0.6 is 0 Å². The summed E-state index contributed by atoms with van der Waals surface area (Å²) in [4.78, 5) is 28.8. The molecule has 1 fully saturated rings. The smallest absolute Gasteiger partial charge is 0.300 e. The molecule has 0 atom stereocenters. The molecule has 0 unspecified atom stereocenters. The normalized spacial score (nSPS) is 15.8. The maximum Gasteiger partial charge on any atom is 0.300 e. The molecule has 114 valence electrons. The molecule has 0 saturated carbocycles. The maximum atomic E-state index is 12.6. The van der Waals surface area contributed by atoms with E-state index in [0.29, 0.717) is 31.4 Å². The molecule has 1 aliphatic rings. The Morgan fingerprint density at radius 2 is 2.19 bits per heavy atom. The van der Waals surface area contributed by atoms with Gasteiger partial charge in [0, 0.05) is 25.7 Å². The molecule has 1 amide bonds. The summed E-state index contributed by atoms with van der Waals surface area (Å²) in [7, 11) is 0. The van der Waals surface area contributed by atoms with Crippen LogP contribution in [0.3, 0.4) is 0 Å². The van der Waals surface area contributed by atoms with Gasteiger partial charge in [0.05, 0.1) is 4.92 Å². The molecule has 2 heterocycles. The predicted octanol–water partition coefficient (Wildman–Crippen LogP) is 2.29. The van der Waals surface area contributed by atoms with Crippen LogP contribution in [0.5, 0.6) is 0 Å². The average Bonchev–Trinajstić information content (AvgIpc) is 2.47. The highest BCUT2D eigenvalue weighted by Crippen LogP contribution is 2.24. The molecular weight excluding hydrogens is 272 g/mol. The van der Waals surface area contributed by atoms with Gasteiger partial charge in [-0.15, -0.1) is 0 Å². The zero-order valence-corrected chi connectivity index (χ0v) is 12.3. The number of likely N-dealkylation sites (tertiary alicyclic amines) is 1. The minimum absolute atomic E-state index is 0.112. The Morgan fingerprint density at radius 3 is 2.76 bits per heavy atom. The van der Waals surface area contributed by atoms with Crippen molar-refractivity contribution in [3.8, 4) is 0 Å². The molecule has 0 aliphatic carbocycles. The van der Waals surface area contributed by atoms with Crippen molar-refractivity contribution in [3.05, 3.63) is 27.9 Å². The van der Waals surface area contributed by atoms with Crippen LogP contribution < -0.4 is 5.32 Å². The van der Waals surface area contributed by atoms with Gasteiger partial charge in [0.25, 0.3) is 11.6 Å². The first-order chi connectivity index (χ1) is 10.0. The first-order valence-electron chi connectivity index (χ1n) is 7.20. The van der Waals surface area contributed by atoms with Crippen molar-refractivity contribution in [2.45, 2.75) is 26.7 Å². The molecule has 21 heavy (non-hydrogen) atoms. The van der Waals surface area contributed by atoms with Crippen LogP contribution in [-0.4, -0.2) is 40.3 Å². The first kappa shape index (κ1) is 15.2. The number of pyridine rings is 1. The first-order valence-corrected chi connectivity index (χ1v) is 7.20. The van der Waals surface area contributed by atoms with Crippen LogP contribution in [0.15, 0.2) is 12.3 Å². The minimum atomic E-state index is -0.553. The number of carbonyl (C=O) groups is 1. The standard InChI is InChI=1S/C14H20N4O3/c1-3-15-13-8-11(12(9-16-13)18(20)21)14(19)17-6-4-10(2)5-7-17/h8-10H,3-7H2,1-2H3,(H,15,16). The molecule has 1 aromatic rings. The number of nitrogens with one attached hydrogen (secondary N) is 1. The monoisotopic (exact) mass is 292 g/mol. The molecule has 1 saturated heterocycles. The highest BCUT2D eigenvalue weighted by molar-refractivity contribution is 5.98. The average molecular weight is 292 g/mol. The Kier molecular flexibility index (Phi) is 4.72. The molecule has 1 aromatic heterocycles. The molecule has 0 bridgehead atoms. The van der Waals surface area contributed by atoms with E-state index >= 15 is 0 Å². The number of rotatable bonds is 4. The largest absolute Gasteiger partial charge is 0.370 e. The Morgan fingerprint density at radius 1 is 1.52 bits per heavy atom. The van der Waals surface area contributed by atoms with Crippen LogP contribution in [0.1, 0.15) is 37.0 Å². The lowest BCUT2D eigenvalue weighted by Gasteiger charge is -2.30. The summed E-state index contributed by atoms with van der Waals surface area (Å²) in [5, 5.41) is 14.1. The van der Waals surface area contributed by atoms with Gasteiger partial charge in [-0.25, -0.2) is 4.98 Å². The van der Waals surface area contributed by atoms with E-state index in [0.717, 1.165) is 19.0 Å². The lowest BCUT2D eigenvalue weighted by molar-refractivity contribution is -0.385. The maximum absolute atomic E-state index is 12.6. The highest BCUT2D eigenvalue weighted by Gasteiger charge is 2.28. The highest BCUT2D eigenvalue weighted by atomic mass is 16.6. The predicted molar refractivity (Wildman–Crippen MR) is 79.4 cm³/mol. The number of nitrogens with zero attached hydrogens (tertiary/aromatic N) is 3. The summed E-state index contributed by atoms with van der Waals surface area (Å²) < 4.78 is 0. The number of nitro groups is 1. The van der Waals surface area contributed by atoms with E-state index in [1.54, 1.807) is 4.90 Å². The molecule has 0 spiro atoms. The van der Waals surface area contributed by atoms with Crippen LogP contribution in [0.4, 0.5) is 11.5 Å². The summed E-state index contributed by atoms with van der Waals surface area (Å²) in [6.45, 7) is 5.99. The van der Waals surface area contributed by atoms with Gasteiger partial charge in [0.2, 0.25) is 0 Å². The zero-order chi connectivity index (χ0) is 15.4. The third-order valence-electron chi connectivity index (χ3n) is 3.74. The second kappa shape index (κ2) is 6.51. The van der Waals surface area contributed by atoms with Crippen molar-refractivity contribution >= 4 is 17.4 Å². The molecule has 7 nitrogen and oxygen atoms in total. The van der Waals surface area contributed by atoms with Crippen molar-refractivity contribution in [1.29, 1.82) is 0 Å². The zero-order valence-electron chi connectivity index (χ0n) is 12.3. The number of anilines is 1. The van der Waals surface area contributed by atoms with Crippen molar-refractivity contribution in [2.24, 2.45) is 5.92 Å². The summed E-state index contributed by atoms with van der Waals surface area (Å²) in [5.41, 5.74) is -0.124. The van der Waals surface area contributed by atoms with Gasteiger partial charge in [0.1, 0.15) is 17.6 Å². The van der Waals surface area contributed by atoms with Crippen molar-refractivity contribution in [3.63, 3.8) is 0 Å². The van der Waals surface area contributed by atoms with E-state index in [-0.39, 0.29) is 17.2 Å². The number of piperidine rings is 1. The number of aromatic nitrogens is 1. The van der Waals surface area contributed by atoms with E-state index in [4.69, 9.17) is 0 Å². The number of carbonyl (C=O) groups excluding carboxylic acids is 1. The molecule has 2 rings (SSSR count). The van der Waals surface area contributed by atoms with E-state index < -0.39 is 4.92 Å². The Balaban J connectivity index is 2.28. The van der Waals surface area contributed by atoms with E-state index in [9.17, 15) is 14.9 Å². The topological polar surface area (TPSA) is 88.4 Å². The fourth-order valence-electron chi connectivity index (χ4n) is 2.42. The van der Waals surface area contributed by atoms with E-state index in [1.165, 1.54) is 6.07 Å². The van der Waals surface area contributed by atoms with Crippen LogP contribution in [0.2, 0.25) is 0 Å². The van der Waals surface area contributed by atoms with Crippen LogP contribution in [-0.2, 0) is 0 Å². The fraction of sp³-hybridized carbons (Fsp3) is 0.571. The molecular formula is C14H20N4O3. The van der Waals surface area contributed by atoms with E-state index in [1.807, 2.05) is 6.92 Å². The fourth-order valence-corrected chi connectivity index (χ4v) is 2.42. The second-order valence-corrected chi connectivity index (χ2v) is 5.35. The van der Waals surface area contributed by atoms with Crippen molar-refractivity contribution in [1.82, 2.24) is 9.88 Å². The van der Waals surface area contributed by atoms with Gasteiger partial charge in [-0.2, -0.15) is 0 Å². The Hall–Kier alpha value is -2.18. The van der Waals surface area contributed by atoms with Crippen molar-refractivity contribution < 1.29 is 9.72 Å². The van der Waals surface area contributed by atoms with Gasteiger partial charge in [0.15, 0.2) is 0 Å². The summed E-state index contributed by atoms with van der Waals surface area (Å²) >= 11 is 0. The molecule has 1 aliphatic heterocycles. The van der Waals surface area contributed by atoms with Crippen molar-refractivity contribution in [2.75, 3.05) is 25.0 Å². The van der Waals surface area contributed by atoms with Gasteiger partial charge in [-0.05, 0) is 25.7 Å². The lowest BCUT2D eigenvalue weighted by atomic mass is 9.98. The second-order valence-electron chi connectivity index (χ2n) is 5.35. The summed E-state index contributed by atoms with van der Waals surface area (Å²) in [5.74, 6) is 0.797. The third-order valence-corrected chi connectivity index (χ3v) is 3.74. The van der Waals surface area contributed by atoms with Gasteiger partial charge >= 0.3 is 0 Å². The number of amides is 1. The Bertz CT molecular complexity index is 539. The van der Waals surface area contributed by atoms with E-state index in [2.05, 4.69) is 17.2 Å². The number of hydrogen-bond donors (Lipinski definition) is 1. The molecule has 0 radical (unpaired) electrons. The van der Waals surface area contributed by atoms with Gasteiger partial charge in [-0.1, -0.05) is 6.92 Å². The van der Waals surface area contributed by atoms with Crippen LogP contribution in [0, 0.1) is 16.0 Å². The summed E-state index contributed by atoms with van der Waals surface area (Å²) in [6, 6.07) is 1.47. The summed E-state index contributed by atoms with van der Waals surface area (Å²) in [6.07, 6.45) is 3.02. The molecule has 1 N–H and O–H groups in total. The quantitative estimate of drug-likeness (QED) is 0.679. The Labute approximate surface area is 123 Å². The van der Waals surface area contributed by atoms with Gasteiger partial charge < -0.3 is 10.2 Å². The molecule has 7 heteroatoms.